The minimum atomic E-state index is -0.596. The number of ether oxygens (including phenoxy) is 2. The largest absolute Gasteiger partial charge is 0.482 e. The molecule has 1 aliphatic rings. The van der Waals surface area contributed by atoms with Crippen molar-refractivity contribution in [2.24, 2.45) is 0 Å². The van der Waals surface area contributed by atoms with Crippen LogP contribution in [0.5, 0.6) is 5.75 Å². The molecule has 2 aromatic carbocycles. The van der Waals surface area contributed by atoms with Crippen LogP contribution in [0.1, 0.15) is 32.0 Å². The summed E-state index contributed by atoms with van der Waals surface area (Å²) < 4.78 is 10.5. The predicted octanol–water partition coefficient (Wildman–Crippen LogP) is 3.22. The van der Waals surface area contributed by atoms with Crippen molar-refractivity contribution in [3.05, 3.63) is 64.8 Å². The molecular weight excluding hydrogens is 372 g/mol. The van der Waals surface area contributed by atoms with E-state index in [9.17, 15) is 14.4 Å². The summed E-state index contributed by atoms with van der Waals surface area (Å²) in [5.41, 5.74) is 3.21. The fourth-order valence-corrected chi connectivity index (χ4v) is 3.37. The maximum Gasteiger partial charge on any atom is 0.340 e. The third-order valence-electron chi connectivity index (χ3n) is 4.81. The van der Waals surface area contributed by atoms with Crippen molar-refractivity contribution in [3.63, 3.8) is 0 Å². The Morgan fingerprint density at radius 2 is 1.97 bits per heavy atom. The Hall–Kier alpha value is -3.74. The molecule has 0 saturated heterocycles. The number of benzene rings is 2. The average molecular weight is 390 g/mol. The van der Waals surface area contributed by atoms with Crippen molar-refractivity contribution in [2.45, 2.75) is 13.8 Å². The van der Waals surface area contributed by atoms with Crippen LogP contribution in [0.2, 0.25) is 0 Å². The smallest absolute Gasteiger partial charge is 0.340 e. The number of nitrogens with one attached hydrogen (secondary N) is 1. The molecule has 29 heavy (non-hydrogen) atoms. The number of hydrogen-bond donors (Lipinski definition) is 1. The van der Waals surface area contributed by atoms with E-state index in [-0.39, 0.29) is 18.3 Å². The highest BCUT2D eigenvalue weighted by Crippen LogP contribution is 2.29. The number of carbonyl (C=O) groups is 3. The molecular formula is C22H18N2O5. The molecule has 1 N–H and O–H groups in total. The predicted molar refractivity (Wildman–Crippen MR) is 106 cm³/mol. The van der Waals surface area contributed by atoms with E-state index in [0.29, 0.717) is 28.3 Å². The van der Waals surface area contributed by atoms with Crippen LogP contribution in [0.3, 0.4) is 0 Å². The Labute approximate surface area is 166 Å². The number of aryl methyl sites for hydroxylation is 2. The molecule has 1 aromatic heterocycles. The topological polar surface area (TPSA) is 94.6 Å². The van der Waals surface area contributed by atoms with Gasteiger partial charge in [0.1, 0.15) is 5.75 Å². The van der Waals surface area contributed by atoms with E-state index in [2.05, 4.69) is 10.3 Å². The Morgan fingerprint density at radius 1 is 1.17 bits per heavy atom. The fourth-order valence-electron chi connectivity index (χ4n) is 3.37. The van der Waals surface area contributed by atoms with Gasteiger partial charge in [-0.3, -0.25) is 14.6 Å². The number of carbonyl (C=O) groups excluding carboxylic acids is 3. The maximum atomic E-state index is 12.7. The minimum Gasteiger partial charge on any atom is -0.482 e. The van der Waals surface area contributed by atoms with Crippen molar-refractivity contribution in [3.8, 4) is 5.75 Å². The molecule has 0 bridgehead atoms. The van der Waals surface area contributed by atoms with E-state index in [1.165, 1.54) is 6.07 Å². The molecule has 4 rings (SSSR count). The van der Waals surface area contributed by atoms with Crippen LogP contribution in [0, 0.1) is 13.8 Å². The Balaban J connectivity index is 1.52. The summed E-state index contributed by atoms with van der Waals surface area (Å²) in [6, 6.07) is 12.2. The molecule has 7 nitrogen and oxygen atoms in total. The lowest BCUT2D eigenvalue weighted by Crippen LogP contribution is -2.25. The third-order valence-corrected chi connectivity index (χ3v) is 4.81. The molecule has 146 valence electrons. The highest BCUT2D eigenvalue weighted by Gasteiger charge is 2.21. The highest BCUT2D eigenvalue weighted by molar-refractivity contribution is 6.03. The number of pyridine rings is 1. The molecule has 0 unspecified atom stereocenters. The summed E-state index contributed by atoms with van der Waals surface area (Å²) in [6.45, 7) is 3.10. The van der Waals surface area contributed by atoms with Crippen molar-refractivity contribution in [1.29, 1.82) is 0 Å². The molecule has 2 heterocycles. The zero-order chi connectivity index (χ0) is 20.5. The van der Waals surface area contributed by atoms with Crippen LogP contribution in [0.25, 0.3) is 10.9 Å². The first-order valence-electron chi connectivity index (χ1n) is 9.07. The van der Waals surface area contributed by atoms with Crippen LogP contribution >= 0.6 is 0 Å². The minimum absolute atomic E-state index is 0.0591. The first-order valence-corrected chi connectivity index (χ1v) is 9.07. The standard InChI is InChI=1S/C22H18N2O5/c1-12-15-5-3-4-6-16(15)23-13(2)21(12)22(27)29-10-18(25)14-7-8-19-17(9-14)24-20(26)11-28-19/h3-9H,10-11H2,1-2H3,(H,24,26). The van der Waals surface area contributed by atoms with Gasteiger partial charge in [0, 0.05) is 10.9 Å². The molecule has 0 aliphatic carbocycles. The first-order chi connectivity index (χ1) is 13.9. The quantitative estimate of drug-likeness (QED) is 0.543. The number of amides is 1. The fraction of sp³-hybridized carbons (Fsp3) is 0.182. The molecule has 3 aromatic rings. The summed E-state index contributed by atoms with van der Waals surface area (Å²) >= 11 is 0. The monoisotopic (exact) mass is 390 g/mol. The summed E-state index contributed by atoms with van der Waals surface area (Å²) in [5.74, 6) is -0.777. The highest BCUT2D eigenvalue weighted by atomic mass is 16.5. The Bertz CT molecular complexity index is 1170. The second-order valence-electron chi connectivity index (χ2n) is 6.76. The van der Waals surface area contributed by atoms with Gasteiger partial charge in [0.05, 0.1) is 22.5 Å². The summed E-state index contributed by atoms with van der Waals surface area (Å²) in [4.78, 5) is 41.0. The zero-order valence-corrected chi connectivity index (χ0v) is 15.9. The second-order valence-corrected chi connectivity index (χ2v) is 6.76. The summed E-state index contributed by atoms with van der Waals surface area (Å²) in [5, 5.41) is 3.51. The normalized spacial score (nSPS) is 12.7. The van der Waals surface area contributed by atoms with Crippen molar-refractivity contribution in [2.75, 3.05) is 18.5 Å². The molecule has 0 radical (unpaired) electrons. The van der Waals surface area contributed by atoms with Crippen molar-refractivity contribution < 1.29 is 23.9 Å². The van der Waals surface area contributed by atoms with Gasteiger partial charge in [0.2, 0.25) is 0 Å². The number of para-hydroxylation sites is 1. The number of anilines is 1. The lowest BCUT2D eigenvalue weighted by atomic mass is 10.0. The van der Waals surface area contributed by atoms with Gasteiger partial charge in [-0.05, 0) is 43.7 Å². The number of ketones is 1. The van der Waals surface area contributed by atoms with Crippen LogP contribution in [-0.2, 0) is 9.53 Å². The maximum absolute atomic E-state index is 12.7. The van der Waals surface area contributed by atoms with Crippen molar-refractivity contribution in [1.82, 2.24) is 4.98 Å². The average Bonchev–Trinajstić information content (AvgIpc) is 2.71. The second kappa shape index (κ2) is 7.35. The lowest BCUT2D eigenvalue weighted by Gasteiger charge is -2.18. The van der Waals surface area contributed by atoms with Crippen LogP contribution in [0.4, 0.5) is 5.69 Å². The molecule has 1 amide bonds. The number of esters is 1. The van der Waals surface area contributed by atoms with Gasteiger partial charge in [0.25, 0.3) is 5.91 Å². The van der Waals surface area contributed by atoms with E-state index < -0.39 is 12.6 Å². The van der Waals surface area contributed by atoms with Gasteiger partial charge in [-0.1, -0.05) is 18.2 Å². The van der Waals surface area contributed by atoms with Gasteiger partial charge in [-0.25, -0.2) is 4.79 Å². The zero-order valence-electron chi connectivity index (χ0n) is 15.9. The van der Waals surface area contributed by atoms with Crippen LogP contribution in [0.15, 0.2) is 42.5 Å². The Morgan fingerprint density at radius 3 is 2.79 bits per heavy atom. The third kappa shape index (κ3) is 3.54. The Kier molecular flexibility index (Phi) is 4.72. The van der Waals surface area contributed by atoms with Crippen LogP contribution < -0.4 is 10.1 Å². The number of Topliss-reactive ketones (excluding diaryl/α,β-unsaturated/α-hetero) is 1. The van der Waals surface area contributed by atoms with E-state index in [4.69, 9.17) is 9.47 Å². The van der Waals surface area contributed by atoms with Gasteiger partial charge in [-0.15, -0.1) is 0 Å². The van der Waals surface area contributed by atoms with Gasteiger partial charge < -0.3 is 14.8 Å². The van der Waals surface area contributed by atoms with E-state index >= 15 is 0 Å². The van der Waals surface area contributed by atoms with Gasteiger partial charge in [-0.2, -0.15) is 0 Å². The summed E-state index contributed by atoms with van der Waals surface area (Å²) in [7, 11) is 0. The van der Waals surface area contributed by atoms with Crippen molar-refractivity contribution >= 4 is 34.3 Å². The number of nitrogens with zero attached hydrogens (tertiary/aromatic N) is 1. The van der Waals surface area contributed by atoms with Crippen LogP contribution in [-0.4, -0.2) is 35.9 Å². The SMILES string of the molecule is Cc1nc2ccccc2c(C)c1C(=O)OCC(=O)c1ccc2c(c1)NC(=O)CO2. The van der Waals surface area contributed by atoms with E-state index in [1.807, 2.05) is 31.2 Å². The number of hydrogen-bond acceptors (Lipinski definition) is 6. The lowest BCUT2D eigenvalue weighted by molar-refractivity contribution is -0.118. The molecule has 0 atom stereocenters. The molecule has 7 heteroatoms. The van der Waals surface area contributed by atoms with E-state index in [0.717, 1.165) is 16.5 Å². The molecule has 1 aliphatic heterocycles. The number of fused-ring (bicyclic) bond motifs is 2. The van der Waals surface area contributed by atoms with Gasteiger partial charge >= 0.3 is 5.97 Å². The summed E-state index contributed by atoms with van der Waals surface area (Å²) in [6.07, 6.45) is 0. The molecule has 0 fully saturated rings. The van der Waals surface area contributed by atoms with Gasteiger partial charge in [0.15, 0.2) is 19.0 Å². The van der Waals surface area contributed by atoms with E-state index in [1.54, 1.807) is 19.1 Å². The first kappa shape index (κ1) is 18.6. The number of aromatic nitrogens is 1. The number of rotatable bonds is 4. The molecule has 0 saturated carbocycles. The molecule has 0 spiro atoms.